The number of hydrogen-bond donors (Lipinski definition) is 0. The lowest BCUT2D eigenvalue weighted by molar-refractivity contribution is 0.112. The summed E-state index contributed by atoms with van der Waals surface area (Å²) in [5.74, 6) is 0.547. The third-order valence-corrected chi connectivity index (χ3v) is 2.96. The Morgan fingerprint density at radius 1 is 1.37 bits per heavy atom. The molecule has 1 aromatic heterocycles. The Hall–Kier alpha value is -2.14. The van der Waals surface area contributed by atoms with Gasteiger partial charge in [-0.25, -0.2) is 4.68 Å². The number of rotatable bonds is 3. The highest BCUT2D eigenvalue weighted by molar-refractivity contribution is 6.32. The number of carbonyl (C=O) groups is 1. The molecule has 0 saturated carbocycles. The van der Waals surface area contributed by atoms with E-state index in [0.29, 0.717) is 28.3 Å². The molecule has 19 heavy (non-hydrogen) atoms. The van der Waals surface area contributed by atoms with E-state index < -0.39 is 5.56 Å². The molecular formula is C13H11ClN2O3. The van der Waals surface area contributed by atoms with Gasteiger partial charge in [0, 0.05) is 12.6 Å². The Morgan fingerprint density at radius 2 is 2.11 bits per heavy atom. The van der Waals surface area contributed by atoms with Crippen LogP contribution in [-0.4, -0.2) is 23.2 Å². The Bertz CT molecular complexity index is 695. The van der Waals surface area contributed by atoms with Crippen molar-refractivity contribution < 1.29 is 9.53 Å². The molecule has 2 rings (SSSR count). The number of aryl methyl sites for hydroxylation is 1. The molecule has 5 nitrogen and oxygen atoms in total. The molecule has 0 aliphatic rings. The molecule has 98 valence electrons. The first-order valence-electron chi connectivity index (χ1n) is 5.44. The molecule has 1 aromatic carbocycles. The van der Waals surface area contributed by atoms with E-state index in [9.17, 15) is 9.59 Å². The first-order chi connectivity index (χ1) is 9.06. The van der Waals surface area contributed by atoms with Gasteiger partial charge in [-0.2, -0.15) is 5.10 Å². The van der Waals surface area contributed by atoms with E-state index in [1.807, 2.05) is 0 Å². The first-order valence-corrected chi connectivity index (χ1v) is 5.82. The molecule has 6 heteroatoms. The van der Waals surface area contributed by atoms with Crippen LogP contribution in [0.15, 0.2) is 29.1 Å². The number of hydrogen-bond acceptors (Lipinski definition) is 4. The van der Waals surface area contributed by atoms with Crippen LogP contribution in [0.5, 0.6) is 5.75 Å². The summed E-state index contributed by atoms with van der Waals surface area (Å²) in [5, 5.41) is 4.53. The summed E-state index contributed by atoms with van der Waals surface area (Å²) < 4.78 is 6.18. The van der Waals surface area contributed by atoms with Crippen LogP contribution in [0.1, 0.15) is 10.4 Å². The summed E-state index contributed by atoms with van der Waals surface area (Å²) in [5.41, 5.74) is 0.816. The number of nitrogens with zero attached hydrogens (tertiary/aromatic N) is 2. The lowest BCUT2D eigenvalue weighted by Crippen LogP contribution is -2.23. The lowest BCUT2D eigenvalue weighted by atomic mass is 10.1. The molecule has 0 unspecified atom stereocenters. The highest BCUT2D eigenvalue weighted by atomic mass is 35.5. The van der Waals surface area contributed by atoms with Gasteiger partial charge in [0.15, 0.2) is 6.29 Å². The molecule has 0 amide bonds. The van der Waals surface area contributed by atoms with E-state index in [2.05, 4.69) is 5.10 Å². The number of aldehydes is 1. The maximum atomic E-state index is 11.6. The maximum absolute atomic E-state index is 11.6. The second kappa shape index (κ2) is 5.24. The summed E-state index contributed by atoms with van der Waals surface area (Å²) in [6.07, 6.45) is 0.513. The van der Waals surface area contributed by atoms with Crippen molar-refractivity contribution in [2.24, 2.45) is 7.05 Å². The second-order valence-corrected chi connectivity index (χ2v) is 4.29. The monoisotopic (exact) mass is 278 g/mol. The minimum absolute atomic E-state index is 0.0550. The van der Waals surface area contributed by atoms with Crippen molar-refractivity contribution in [1.29, 1.82) is 0 Å². The summed E-state index contributed by atoms with van der Waals surface area (Å²) in [7, 11) is 3.01. The molecule has 0 fully saturated rings. The van der Waals surface area contributed by atoms with Gasteiger partial charge in [-0.1, -0.05) is 11.6 Å². The molecule has 0 aliphatic heterocycles. The van der Waals surface area contributed by atoms with Gasteiger partial charge in [0.25, 0.3) is 5.56 Å². The largest absolute Gasteiger partial charge is 0.495 e. The van der Waals surface area contributed by atoms with Crippen LogP contribution in [0.25, 0.3) is 11.3 Å². The average Bonchev–Trinajstić information content (AvgIpc) is 2.41. The van der Waals surface area contributed by atoms with Crippen molar-refractivity contribution in [3.63, 3.8) is 0 Å². The maximum Gasteiger partial charge on any atom is 0.277 e. The van der Waals surface area contributed by atoms with E-state index >= 15 is 0 Å². The molecule has 1 heterocycles. The molecule has 2 aromatic rings. The molecule has 0 spiro atoms. The van der Waals surface area contributed by atoms with Crippen LogP contribution in [0.4, 0.5) is 0 Å². The minimum atomic E-state index is -0.432. The predicted molar refractivity (Wildman–Crippen MR) is 71.9 cm³/mol. The van der Waals surface area contributed by atoms with Crippen LogP contribution >= 0.6 is 11.6 Å². The summed E-state index contributed by atoms with van der Waals surface area (Å²) in [6, 6.07) is 6.56. The molecule has 0 radical (unpaired) electrons. The predicted octanol–water partition coefficient (Wildman–Crippen LogP) is 1.92. The molecule has 0 saturated heterocycles. The summed E-state index contributed by atoms with van der Waals surface area (Å²) in [4.78, 5) is 22.4. The van der Waals surface area contributed by atoms with Crippen LogP contribution < -0.4 is 10.3 Å². The van der Waals surface area contributed by atoms with Crippen molar-refractivity contribution in [3.8, 4) is 17.0 Å². The number of ether oxygens (including phenoxy) is 1. The van der Waals surface area contributed by atoms with Gasteiger partial charge in [-0.3, -0.25) is 9.59 Å². The number of benzene rings is 1. The average molecular weight is 279 g/mol. The van der Waals surface area contributed by atoms with Gasteiger partial charge in [-0.05, 0) is 24.3 Å². The summed E-state index contributed by atoms with van der Waals surface area (Å²) >= 11 is 6.03. The lowest BCUT2D eigenvalue weighted by Gasteiger charge is -2.07. The van der Waals surface area contributed by atoms with Gasteiger partial charge in [0.05, 0.1) is 23.4 Å². The van der Waals surface area contributed by atoms with Gasteiger partial charge in [-0.15, -0.1) is 0 Å². The molecule has 0 aliphatic carbocycles. The molecule has 0 bridgehead atoms. The fraction of sp³-hybridized carbons (Fsp3) is 0.154. The van der Waals surface area contributed by atoms with Crippen molar-refractivity contribution in [2.75, 3.05) is 7.11 Å². The van der Waals surface area contributed by atoms with E-state index in [-0.39, 0.29) is 5.56 Å². The number of aromatic nitrogens is 2. The third kappa shape index (κ3) is 2.51. The molecule has 0 N–H and O–H groups in total. The van der Waals surface area contributed by atoms with E-state index in [0.717, 1.165) is 4.68 Å². The van der Waals surface area contributed by atoms with Crippen molar-refractivity contribution in [2.45, 2.75) is 0 Å². The molecular weight excluding hydrogens is 268 g/mol. The minimum Gasteiger partial charge on any atom is -0.495 e. The van der Waals surface area contributed by atoms with Crippen LogP contribution in [-0.2, 0) is 7.05 Å². The van der Waals surface area contributed by atoms with E-state index in [1.54, 1.807) is 18.2 Å². The van der Waals surface area contributed by atoms with E-state index in [1.165, 1.54) is 20.2 Å². The quantitative estimate of drug-likeness (QED) is 0.805. The van der Waals surface area contributed by atoms with Crippen LogP contribution in [0, 0.1) is 0 Å². The third-order valence-electron chi connectivity index (χ3n) is 2.67. The smallest absolute Gasteiger partial charge is 0.277 e. The number of methoxy groups -OCH3 is 1. The standard InChI is InChI=1S/C13H11ClN2O3/c1-16-13(18)9(7-17)6-11(15-16)8-3-4-12(19-2)10(14)5-8/h3-7H,1-2H3. The zero-order valence-electron chi connectivity index (χ0n) is 10.4. The highest BCUT2D eigenvalue weighted by Crippen LogP contribution is 2.29. The van der Waals surface area contributed by atoms with Gasteiger partial charge >= 0.3 is 0 Å². The Labute approximate surface area is 114 Å². The van der Waals surface area contributed by atoms with Gasteiger partial charge in [0.2, 0.25) is 0 Å². The van der Waals surface area contributed by atoms with E-state index in [4.69, 9.17) is 16.3 Å². The number of halogens is 1. The fourth-order valence-corrected chi connectivity index (χ4v) is 1.94. The Kier molecular flexibility index (Phi) is 3.66. The van der Waals surface area contributed by atoms with Crippen molar-refractivity contribution in [3.05, 3.63) is 45.2 Å². The zero-order chi connectivity index (χ0) is 14.0. The van der Waals surface area contributed by atoms with Gasteiger partial charge in [0.1, 0.15) is 5.75 Å². The topological polar surface area (TPSA) is 61.2 Å². The molecule has 0 atom stereocenters. The fourth-order valence-electron chi connectivity index (χ4n) is 1.68. The normalized spacial score (nSPS) is 10.3. The zero-order valence-corrected chi connectivity index (χ0v) is 11.1. The SMILES string of the molecule is COc1ccc(-c2cc(C=O)c(=O)n(C)n2)cc1Cl. The number of carbonyl (C=O) groups excluding carboxylic acids is 1. The van der Waals surface area contributed by atoms with Gasteiger partial charge < -0.3 is 4.74 Å². The highest BCUT2D eigenvalue weighted by Gasteiger charge is 2.09. The van der Waals surface area contributed by atoms with Crippen LogP contribution in [0.2, 0.25) is 5.02 Å². The van der Waals surface area contributed by atoms with Crippen molar-refractivity contribution in [1.82, 2.24) is 9.78 Å². The Morgan fingerprint density at radius 3 is 2.68 bits per heavy atom. The second-order valence-electron chi connectivity index (χ2n) is 3.88. The van der Waals surface area contributed by atoms with Crippen molar-refractivity contribution >= 4 is 17.9 Å². The summed E-state index contributed by atoms with van der Waals surface area (Å²) in [6.45, 7) is 0. The Balaban J connectivity index is 2.59. The first kappa shape index (κ1) is 13.3. The van der Waals surface area contributed by atoms with Crippen LogP contribution in [0.3, 0.4) is 0 Å².